The number of benzene rings is 1. The smallest absolute Gasteiger partial charge is 0.340 e. The van der Waals surface area contributed by atoms with E-state index in [0.717, 1.165) is 43.7 Å². The molecule has 0 fully saturated rings. The zero-order chi connectivity index (χ0) is 21.7. The Morgan fingerprint density at radius 3 is 2.07 bits per heavy atom. The van der Waals surface area contributed by atoms with Crippen molar-refractivity contribution in [2.45, 2.75) is 88.4 Å². The van der Waals surface area contributed by atoms with Crippen molar-refractivity contribution < 1.29 is 9.90 Å². The topological polar surface area (TPSA) is 49.3 Å². The van der Waals surface area contributed by atoms with Gasteiger partial charge in [-0.2, -0.15) is 0 Å². The molecule has 0 aliphatic carbocycles. The van der Waals surface area contributed by atoms with Crippen molar-refractivity contribution in [3.8, 4) is 0 Å². The summed E-state index contributed by atoms with van der Waals surface area (Å²) in [6, 6.07) is 8.56. The standard InChI is InChI=1S/C23H36Cl3NO2/c1-18(2)15-17-27-21(19-11-13-20(24)14-12-19)10-8-6-4-3-5-7-9-16-23(25,26)22(28)29/h11-14,18,21,27H,3-10,15-17H2,1-2H3,(H,28,29). The summed E-state index contributed by atoms with van der Waals surface area (Å²) in [5, 5.41) is 13.4. The van der Waals surface area contributed by atoms with E-state index in [2.05, 4.69) is 31.3 Å². The van der Waals surface area contributed by atoms with Gasteiger partial charge in [0.1, 0.15) is 0 Å². The molecule has 166 valence electrons. The first-order valence-corrected chi connectivity index (χ1v) is 12.0. The third-order valence-electron chi connectivity index (χ3n) is 5.18. The number of alkyl halides is 2. The second-order valence-electron chi connectivity index (χ2n) is 8.26. The molecule has 0 heterocycles. The molecule has 3 nitrogen and oxygen atoms in total. The van der Waals surface area contributed by atoms with Crippen LogP contribution in [0.15, 0.2) is 24.3 Å². The molecule has 1 aromatic rings. The fourth-order valence-corrected chi connectivity index (χ4v) is 3.71. The molecule has 0 saturated heterocycles. The van der Waals surface area contributed by atoms with Crippen LogP contribution in [0.1, 0.15) is 89.7 Å². The van der Waals surface area contributed by atoms with Gasteiger partial charge < -0.3 is 10.4 Å². The SMILES string of the molecule is CC(C)CCNC(CCCCCCCCCC(Cl)(Cl)C(=O)O)c1ccc(Cl)cc1. The van der Waals surface area contributed by atoms with E-state index in [-0.39, 0.29) is 0 Å². The molecule has 2 N–H and O–H groups in total. The molecule has 0 amide bonds. The van der Waals surface area contributed by atoms with Gasteiger partial charge in [-0.15, -0.1) is 0 Å². The zero-order valence-corrected chi connectivity index (χ0v) is 20.0. The fraction of sp³-hybridized carbons (Fsp3) is 0.696. The van der Waals surface area contributed by atoms with Crippen LogP contribution in [0.4, 0.5) is 0 Å². The third-order valence-corrected chi connectivity index (χ3v) is 6.13. The van der Waals surface area contributed by atoms with Crippen LogP contribution < -0.4 is 5.32 Å². The summed E-state index contributed by atoms with van der Waals surface area (Å²) in [7, 11) is 0. The van der Waals surface area contributed by atoms with Gasteiger partial charge in [-0.1, -0.05) is 99.3 Å². The Bertz CT molecular complexity index is 576. The summed E-state index contributed by atoms with van der Waals surface area (Å²) >= 11 is 17.5. The van der Waals surface area contributed by atoms with Gasteiger partial charge in [-0.3, -0.25) is 0 Å². The summed E-state index contributed by atoms with van der Waals surface area (Å²) in [4.78, 5) is 10.9. The van der Waals surface area contributed by atoms with E-state index in [9.17, 15) is 4.79 Å². The van der Waals surface area contributed by atoms with Gasteiger partial charge in [-0.25, -0.2) is 4.79 Å². The predicted octanol–water partition coefficient (Wildman–Crippen LogP) is 7.79. The second-order valence-corrected chi connectivity index (χ2v) is 10.2. The maximum Gasteiger partial charge on any atom is 0.340 e. The van der Waals surface area contributed by atoms with Gasteiger partial charge >= 0.3 is 5.97 Å². The van der Waals surface area contributed by atoms with E-state index >= 15 is 0 Å². The molecule has 0 aromatic heterocycles. The molecule has 0 aliphatic heterocycles. The molecule has 1 rings (SSSR count). The number of hydrogen-bond acceptors (Lipinski definition) is 2. The summed E-state index contributed by atoms with van der Waals surface area (Å²) in [5.41, 5.74) is 1.31. The van der Waals surface area contributed by atoms with Crippen molar-refractivity contribution in [3.63, 3.8) is 0 Å². The number of unbranched alkanes of at least 4 members (excludes halogenated alkanes) is 6. The van der Waals surface area contributed by atoms with Gasteiger partial charge in [-0.05, 0) is 55.8 Å². The molecular weight excluding hydrogens is 429 g/mol. The van der Waals surface area contributed by atoms with Crippen LogP contribution in [-0.4, -0.2) is 22.0 Å². The lowest BCUT2D eigenvalue weighted by molar-refractivity contribution is -0.138. The number of carboxylic acids is 1. The van der Waals surface area contributed by atoms with Crippen LogP contribution in [0.5, 0.6) is 0 Å². The Hall–Kier alpha value is -0.480. The van der Waals surface area contributed by atoms with Crippen LogP contribution in [0, 0.1) is 5.92 Å². The average Bonchev–Trinajstić information content (AvgIpc) is 2.65. The fourth-order valence-electron chi connectivity index (χ4n) is 3.31. The first-order valence-electron chi connectivity index (χ1n) is 10.8. The van der Waals surface area contributed by atoms with Gasteiger partial charge in [0.15, 0.2) is 0 Å². The van der Waals surface area contributed by atoms with Crippen molar-refractivity contribution in [2.24, 2.45) is 5.92 Å². The third kappa shape index (κ3) is 12.1. The molecule has 0 spiro atoms. The van der Waals surface area contributed by atoms with Gasteiger partial charge in [0, 0.05) is 11.1 Å². The van der Waals surface area contributed by atoms with Crippen LogP contribution >= 0.6 is 34.8 Å². The van der Waals surface area contributed by atoms with Crippen molar-refractivity contribution in [3.05, 3.63) is 34.9 Å². The highest BCUT2D eigenvalue weighted by Gasteiger charge is 2.32. The minimum absolute atomic E-state index is 0.302. The van der Waals surface area contributed by atoms with Crippen molar-refractivity contribution in [1.29, 1.82) is 0 Å². The number of rotatable bonds is 16. The molecule has 0 saturated carbocycles. The summed E-state index contributed by atoms with van der Waals surface area (Å²) in [6.45, 7) is 5.53. The largest absolute Gasteiger partial charge is 0.479 e. The quantitative estimate of drug-likeness (QED) is 0.194. The molecule has 0 aliphatic rings. The normalized spacial score (nSPS) is 13.0. The van der Waals surface area contributed by atoms with E-state index in [1.165, 1.54) is 31.2 Å². The lowest BCUT2D eigenvalue weighted by Gasteiger charge is -2.20. The lowest BCUT2D eigenvalue weighted by atomic mass is 9.98. The highest BCUT2D eigenvalue weighted by atomic mass is 35.5. The van der Waals surface area contributed by atoms with Crippen LogP contribution in [-0.2, 0) is 4.79 Å². The predicted molar refractivity (Wildman–Crippen MR) is 125 cm³/mol. The minimum atomic E-state index is -1.64. The number of carbonyl (C=O) groups is 1. The van der Waals surface area contributed by atoms with E-state index in [1.807, 2.05) is 12.1 Å². The first-order chi connectivity index (χ1) is 13.7. The lowest BCUT2D eigenvalue weighted by Crippen LogP contribution is -2.25. The summed E-state index contributed by atoms with van der Waals surface area (Å²) < 4.78 is -1.64. The van der Waals surface area contributed by atoms with Crippen molar-refractivity contribution >= 4 is 40.8 Å². The molecule has 1 atom stereocenters. The maximum atomic E-state index is 10.9. The van der Waals surface area contributed by atoms with E-state index in [4.69, 9.17) is 39.9 Å². The molecule has 29 heavy (non-hydrogen) atoms. The highest BCUT2D eigenvalue weighted by Crippen LogP contribution is 2.28. The van der Waals surface area contributed by atoms with Gasteiger partial charge in [0.25, 0.3) is 0 Å². The molecular formula is C23H36Cl3NO2. The number of halogens is 3. The van der Waals surface area contributed by atoms with E-state index < -0.39 is 10.3 Å². The van der Waals surface area contributed by atoms with Crippen molar-refractivity contribution in [2.75, 3.05) is 6.54 Å². The van der Waals surface area contributed by atoms with E-state index in [1.54, 1.807) is 0 Å². The highest BCUT2D eigenvalue weighted by molar-refractivity contribution is 6.57. The molecule has 0 radical (unpaired) electrons. The number of hydrogen-bond donors (Lipinski definition) is 2. The molecule has 0 bridgehead atoms. The molecule has 1 aromatic carbocycles. The Balaban J connectivity index is 2.23. The van der Waals surface area contributed by atoms with Crippen LogP contribution in [0.3, 0.4) is 0 Å². The number of nitrogens with one attached hydrogen (secondary N) is 1. The van der Waals surface area contributed by atoms with E-state index in [0.29, 0.717) is 18.4 Å². The first kappa shape index (κ1) is 26.6. The molecule has 1 unspecified atom stereocenters. The number of aliphatic carboxylic acids is 1. The van der Waals surface area contributed by atoms with Gasteiger partial charge in [0.2, 0.25) is 4.33 Å². The molecule has 6 heteroatoms. The Morgan fingerprint density at radius 2 is 1.52 bits per heavy atom. The van der Waals surface area contributed by atoms with Crippen LogP contribution in [0.2, 0.25) is 5.02 Å². The van der Waals surface area contributed by atoms with Crippen molar-refractivity contribution in [1.82, 2.24) is 5.32 Å². The Labute approximate surface area is 191 Å². The maximum absolute atomic E-state index is 10.9. The Morgan fingerprint density at radius 1 is 0.966 bits per heavy atom. The van der Waals surface area contributed by atoms with Crippen LogP contribution in [0.25, 0.3) is 0 Å². The average molecular weight is 465 g/mol. The summed E-state index contributed by atoms with van der Waals surface area (Å²) in [6.07, 6.45) is 10.2. The minimum Gasteiger partial charge on any atom is -0.479 e. The summed E-state index contributed by atoms with van der Waals surface area (Å²) in [5.74, 6) is -0.454. The zero-order valence-electron chi connectivity index (χ0n) is 17.7. The Kier molecular flexibility index (Phi) is 13.3. The number of carboxylic acid groups (broad SMARTS) is 1. The van der Waals surface area contributed by atoms with Gasteiger partial charge in [0.05, 0.1) is 0 Å². The monoisotopic (exact) mass is 463 g/mol. The second kappa shape index (κ2) is 14.5.